The van der Waals surface area contributed by atoms with Crippen LogP contribution in [0.3, 0.4) is 0 Å². The first kappa shape index (κ1) is 16.7. The van der Waals surface area contributed by atoms with Crippen LogP contribution in [0.1, 0.15) is 39.0 Å². The first-order chi connectivity index (χ1) is 10.1. The SMILES string of the molecule is C[C@H](NC[C@H]1CN(C)CCO1)C(=O)N(C)C1CCCCC1. The van der Waals surface area contributed by atoms with Crippen LogP contribution in [0.2, 0.25) is 0 Å². The molecule has 1 heterocycles. The highest BCUT2D eigenvalue weighted by Gasteiger charge is 2.26. The summed E-state index contributed by atoms with van der Waals surface area (Å²) < 4.78 is 5.73. The van der Waals surface area contributed by atoms with Crippen molar-refractivity contribution in [2.45, 2.75) is 57.2 Å². The predicted octanol–water partition coefficient (Wildman–Crippen LogP) is 1.09. The molecule has 1 N–H and O–H groups in total. The maximum Gasteiger partial charge on any atom is 0.239 e. The Hall–Kier alpha value is -0.650. The van der Waals surface area contributed by atoms with Crippen molar-refractivity contribution in [1.82, 2.24) is 15.1 Å². The predicted molar refractivity (Wildman–Crippen MR) is 84.3 cm³/mol. The topological polar surface area (TPSA) is 44.8 Å². The van der Waals surface area contributed by atoms with Crippen molar-refractivity contribution in [3.63, 3.8) is 0 Å². The number of carbonyl (C=O) groups is 1. The van der Waals surface area contributed by atoms with E-state index in [-0.39, 0.29) is 18.1 Å². The highest BCUT2D eigenvalue weighted by atomic mass is 16.5. The summed E-state index contributed by atoms with van der Waals surface area (Å²) in [7, 11) is 4.07. The Morgan fingerprint density at radius 1 is 1.38 bits per heavy atom. The van der Waals surface area contributed by atoms with Crippen LogP contribution in [0.4, 0.5) is 0 Å². The first-order valence-electron chi connectivity index (χ1n) is 8.38. The molecular formula is C16H31N3O2. The summed E-state index contributed by atoms with van der Waals surface area (Å²) in [6.45, 7) is 5.43. The highest BCUT2D eigenvalue weighted by molar-refractivity contribution is 5.81. The fourth-order valence-corrected chi connectivity index (χ4v) is 3.34. The fourth-order valence-electron chi connectivity index (χ4n) is 3.34. The van der Waals surface area contributed by atoms with Gasteiger partial charge in [-0.3, -0.25) is 4.79 Å². The molecule has 1 amide bonds. The van der Waals surface area contributed by atoms with Crippen LogP contribution in [-0.2, 0) is 9.53 Å². The van der Waals surface area contributed by atoms with Crippen LogP contribution in [0.5, 0.6) is 0 Å². The Labute approximate surface area is 129 Å². The maximum absolute atomic E-state index is 12.5. The number of morpholine rings is 1. The number of hydrogen-bond donors (Lipinski definition) is 1. The average Bonchev–Trinajstić information content (AvgIpc) is 2.52. The Bertz CT molecular complexity index is 331. The molecule has 0 spiro atoms. The van der Waals surface area contributed by atoms with E-state index in [1.54, 1.807) is 0 Å². The van der Waals surface area contributed by atoms with E-state index >= 15 is 0 Å². The van der Waals surface area contributed by atoms with E-state index in [0.717, 1.165) is 39.1 Å². The highest BCUT2D eigenvalue weighted by Crippen LogP contribution is 2.22. The lowest BCUT2D eigenvalue weighted by Crippen LogP contribution is -2.51. The summed E-state index contributed by atoms with van der Waals surface area (Å²) in [5.41, 5.74) is 0. The zero-order valence-electron chi connectivity index (χ0n) is 13.8. The Balaban J connectivity index is 1.73. The molecule has 0 aromatic carbocycles. The Morgan fingerprint density at radius 2 is 2.10 bits per heavy atom. The second-order valence-electron chi connectivity index (χ2n) is 6.63. The zero-order valence-corrected chi connectivity index (χ0v) is 13.8. The molecule has 21 heavy (non-hydrogen) atoms. The van der Waals surface area contributed by atoms with Gasteiger partial charge in [0.25, 0.3) is 0 Å². The minimum atomic E-state index is -0.132. The van der Waals surface area contributed by atoms with Gasteiger partial charge in [0.05, 0.1) is 18.8 Å². The summed E-state index contributed by atoms with van der Waals surface area (Å²) in [6, 6.07) is 0.306. The van der Waals surface area contributed by atoms with Crippen LogP contribution in [0, 0.1) is 0 Å². The smallest absolute Gasteiger partial charge is 0.239 e. The molecule has 2 fully saturated rings. The van der Waals surface area contributed by atoms with Crippen LogP contribution >= 0.6 is 0 Å². The van der Waals surface area contributed by atoms with E-state index in [1.165, 1.54) is 19.3 Å². The number of nitrogens with one attached hydrogen (secondary N) is 1. The first-order valence-corrected chi connectivity index (χ1v) is 8.38. The Morgan fingerprint density at radius 3 is 2.76 bits per heavy atom. The lowest BCUT2D eigenvalue weighted by molar-refractivity contribution is -0.134. The number of rotatable bonds is 5. The van der Waals surface area contributed by atoms with Gasteiger partial charge in [0.1, 0.15) is 0 Å². The standard InChI is InChI=1S/C16H31N3O2/c1-13(17-11-15-12-18(2)9-10-21-15)16(20)19(3)14-7-5-4-6-8-14/h13-15,17H,4-12H2,1-3H3/t13-,15-/m0/s1. The van der Waals surface area contributed by atoms with E-state index in [1.807, 2.05) is 18.9 Å². The number of likely N-dealkylation sites (N-methyl/N-ethyl adjacent to an activating group) is 2. The number of hydrogen-bond acceptors (Lipinski definition) is 4. The van der Waals surface area contributed by atoms with Gasteiger partial charge in [0.2, 0.25) is 5.91 Å². The van der Waals surface area contributed by atoms with Crippen molar-refractivity contribution >= 4 is 5.91 Å². The van der Waals surface area contributed by atoms with E-state index < -0.39 is 0 Å². The van der Waals surface area contributed by atoms with E-state index in [9.17, 15) is 4.79 Å². The quantitative estimate of drug-likeness (QED) is 0.825. The average molecular weight is 297 g/mol. The van der Waals surface area contributed by atoms with Gasteiger partial charge in [-0.1, -0.05) is 19.3 Å². The summed E-state index contributed by atoms with van der Waals surface area (Å²) in [5.74, 6) is 0.214. The van der Waals surface area contributed by atoms with Gasteiger partial charge in [0, 0.05) is 32.7 Å². The van der Waals surface area contributed by atoms with Crippen LogP contribution in [0.15, 0.2) is 0 Å². The Kier molecular flexibility index (Phi) is 6.45. The van der Waals surface area contributed by atoms with Crippen molar-refractivity contribution in [1.29, 1.82) is 0 Å². The van der Waals surface area contributed by atoms with Crippen LogP contribution in [0.25, 0.3) is 0 Å². The van der Waals surface area contributed by atoms with Gasteiger partial charge in [-0.25, -0.2) is 0 Å². The molecule has 0 bridgehead atoms. The third-order valence-corrected chi connectivity index (χ3v) is 4.83. The molecule has 2 rings (SSSR count). The summed E-state index contributed by atoms with van der Waals surface area (Å²) in [6.07, 6.45) is 6.34. The number of carbonyl (C=O) groups excluding carboxylic acids is 1. The monoisotopic (exact) mass is 297 g/mol. The molecule has 122 valence electrons. The normalized spacial score (nSPS) is 26.5. The molecule has 1 aliphatic carbocycles. The van der Waals surface area contributed by atoms with Gasteiger partial charge in [-0.2, -0.15) is 0 Å². The van der Waals surface area contributed by atoms with Crippen molar-refractivity contribution < 1.29 is 9.53 Å². The second-order valence-corrected chi connectivity index (χ2v) is 6.63. The molecule has 2 aliphatic rings. The zero-order chi connectivity index (χ0) is 15.2. The van der Waals surface area contributed by atoms with Crippen molar-refractivity contribution in [3.8, 4) is 0 Å². The van der Waals surface area contributed by atoms with Crippen LogP contribution in [-0.4, -0.2) is 74.2 Å². The maximum atomic E-state index is 12.5. The largest absolute Gasteiger partial charge is 0.374 e. The van der Waals surface area contributed by atoms with E-state index in [2.05, 4.69) is 17.3 Å². The molecule has 0 aromatic rings. The van der Waals surface area contributed by atoms with Crippen LogP contribution < -0.4 is 5.32 Å². The van der Waals surface area contributed by atoms with Gasteiger partial charge >= 0.3 is 0 Å². The molecule has 2 atom stereocenters. The third kappa shape index (κ3) is 4.94. The molecule has 5 nitrogen and oxygen atoms in total. The van der Waals surface area contributed by atoms with Gasteiger partial charge in [-0.15, -0.1) is 0 Å². The molecule has 1 aliphatic heterocycles. The van der Waals surface area contributed by atoms with E-state index in [0.29, 0.717) is 6.04 Å². The second kappa shape index (κ2) is 8.11. The van der Waals surface area contributed by atoms with Crippen molar-refractivity contribution in [3.05, 3.63) is 0 Å². The van der Waals surface area contributed by atoms with Gasteiger partial charge < -0.3 is 19.9 Å². The molecule has 0 aromatic heterocycles. The lowest BCUT2D eigenvalue weighted by atomic mass is 9.94. The van der Waals surface area contributed by atoms with Gasteiger partial charge in [-0.05, 0) is 26.8 Å². The molecule has 1 saturated carbocycles. The number of nitrogens with zero attached hydrogens (tertiary/aromatic N) is 2. The van der Waals surface area contributed by atoms with Gasteiger partial charge in [0.15, 0.2) is 0 Å². The third-order valence-electron chi connectivity index (χ3n) is 4.83. The van der Waals surface area contributed by atoms with Crippen molar-refractivity contribution in [2.75, 3.05) is 40.3 Å². The lowest BCUT2D eigenvalue weighted by Gasteiger charge is -2.34. The molecule has 1 saturated heterocycles. The number of amides is 1. The summed E-state index contributed by atoms with van der Waals surface area (Å²) in [4.78, 5) is 16.7. The van der Waals surface area contributed by atoms with Crippen molar-refractivity contribution in [2.24, 2.45) is 0 Å². The summed E-state index contributed by atoms with van der Waals surface area (Å²) >= 11 is 0. The minimum Gasteiger partial charge on any atom is -0.374 e. The summed E-state index contributed by atoms with van der Waals surface area (Å²) in [5, 5.41) is 3.35. The molecular weight excluding hydrogens is 266 g/mol. The molecule has 0 unspecified atom stereocenters. The molecule has 5 heteroatoms. The molecule has 0 radical (unpaired) electrons. The minimum absolute atomic E-state index is 0.132. The van der Waals surface area contributed by atoms with E-state index in [4.69, 9.17) is 4.74 Å². The number of ether oxygens (including phenoxy) is 1. The fraction of sp³-hybridized carbons (Fsp3) is 0.938.